The van der Waals surface area contributed by atoms with Crippen molar-refractivity contribution < 1.29 is 17.9 Å². The van der Waals surface area contributed by atoms with Gasteiger partial charge in [-0.3, -0.25) is 0 Å². The second-order valence-corrected chi connectivity index (χ2v) is 3.15. The Morgan fingerprint density at radius 3 is 2.62 bits per heavy atom. The summed E-state index contributed by atoms with van der Waals surface area (Å²) >= 11 is 2.96. The number of halogens is 4. The van der Waals surface area contributed by atoms with Gasteiger partial charge in [-0.15, -0.1) is 0 Å². The minimum Gasteiger partial charge on any atom is -0.488 e. The Labute approximate surface area is 81.6 Å². The van der Waals surface area contributed by atoms with Crippen LogP contribution in [-0.2, 0) is 0 Å². The van der Waals surface area contributed by atoms with E-state index in [1.807, 2.05) is 0 Å². The molecule has 0 bridgehead atoms. The molecule has 5 heteroatoms. The molecule has 1 nitrogen and oxygen atoms in total. The SMILES string of the molecule is FCCOc1cc(Br)cc(F)c1F. The number of benzene rings is 1. The molecule has 0 spiro atoms. The Bertz CT molecular complexity index is 304. The van der Waals surface area contributed by atoms with Gasteiger partial charge < -0.3 is 4.74 Å². The third kappa shape index (κ3) is 2.62. The van der Waals surface area contributed by atoms with Crippen LogP contribution in [0, 0.1) is 11.6 Å². The standard InChI is InChI=1S/C8H6BrF3O/c9-5-3-6(11)8(12)7(4-5)13-2-1-10/h3-4H,1-2H2. The summed E-state index contributed by atoms with van der Waals surface area (Å²) in [6, 6.07) is 2.21. The van der Waals surface area contributed by atoms with Gasteiger partial charge in [-0.1, -0.05) is 15.9 Å². The van der Waals surface area contributed by atoms with E-state index in [0.29, 0.717) is 4.47 Å². The highest BCUT2D eigenvalue weighted by Crippen LogP contribution is 2.25. The zero-order valence-corrected chi connectivity index (χ0v) is 8.08. The molecule has 0 aliphatic carbocycles. The van der Waals surface area contributed by atoms with Crippen LogP contribution < -0.4 is 4.74 Å². The minimum atomic E-state index is -1.10. The van der Waals surface area contributed by atoms with Gasteiger partial charge in [0, 0.05) is 4.47 Å². The smallest absolute Gasteiger partial charge is 0.200 e. The number of alkyl halides is 1. The summed E-state index contributed by atoms with van der Waals surface area (Å²) in [5.41, 5.74) is 0. The van der Waals surface area contributed by atoms with E-state index in [4.69, 9.17) is 0 Å². The molecule has 0 aliphatic heterocycles. The lowest BCUT2D eigenvalue weighted by Crippen LogP contribution is -2.01. The zero-order chi connectivity index (χ0) is 9.84. The van der Waals surface area contributed by atoms with E-state index in [0.717, 1.165) is 6.07 Å². The highest BCUT2D eigenvalue weighted by molar-refractivity contribution is 9.10. The van der Waals surface area contributed by atoms with Gasteiger partial charge in [-0.2, -0.15) is 4.39 Å². The molecule has 0 aliphatic rings. The first-order valence-corrected chi connectivity index (χ1v) is 4.27. The molecule has 0 saturated carbocycles. The number of ether oxygens (including phenoxy) is 1. The summed E-state index contributed by atoms with van der Waals surface area (Å²) in [5.74, 6) is -2.41. The zero-order valence-electron chi connectivity index (χ0n) is 6.49. The molecule has 0 atom stereocenters. The van der Waals surface area contributed by atoms with Crippen LogP contribution in [0.2, 0.25) is 0 Å². The summed E-state index contributed by atoms with van der Waals surface area (Å²) in [4.78, 5) is 0. The van der Waals surface area contributed by atoms with Crippen LogP contribution in [0.5, 0.6) is 5.75 Å². The van der Waals surface area contributed by atoms with E-state index in [1.165, 1.54) is 6.07 Å². The summed E-state index contributed by atoms with van der Waals surface area (Å²) in [6.45, 7) is -1.03. The molecule has 0 aromatic heterocycles. The average molecular weight is 255 g/mol. The summed E-state index contributed by atoms with van der Waals surface area (Å²) < 4.78 is 42.2. The Hall–Kier alpha value is -0.710. The fourth-order valence-electron chi connectivity index (χ4n) is 0.786. The number of hydrogen-bond donors (Lipinski definition) is 0. The number of hydrogen-bond acceptors (Lipinski definition) is 1. The van der Waals surface area contributed by atoms with E-state index in [9.17, 15) is 13.2 Å². The quantitative estimate of drug-likeness (QED) is 0.754. The molecule has 0 fully saturated rings. The second kappa shape index (κ2) is 4.50. The van der Waals surface area contributed by atoms with Crippen LogP contribution in [0.1, 0.15) is 0 Å². The first-order valence-electron chi connectivity index (χ1n) is 3.48. The van der Waals surface area contributed by atoms with Crippen LogP contribution in [0.4, 0.5) is 13.2 Å². The highest BCUT2D eigenvalue weighted by Gasteiger charge is 2.10. The van der Waals surface area contributed by atoms with Crippen LogP contribution in [-0.4, -0.2) is 13.3 Å². The molecule has 0 N–H and O–H groups in total. The molecule has 0 heterocycles. The molecule has 0 unspecified atom stereocenters. The first kappa shape index (κ1) is 10.4. The average Bonchev–Trinajstić information content (AvgIpc) is 2.09. The van der Waals surface area contributed by atoms with Crippen molar-refractivity contribution in [2.45, 2.75) is 0 Å². The second-order valence-electron chi connectivity index (χ2n) is 2.24. The van der Waals surface area contributed by atoms with Gasteiger partial charge in [0.05, 0.1) is 0 Å². The normalized spacial score (nSPS) is 10.2. The van der Waals surface area contributed by atoms with Crippen molar-refractivity contribution in [2.75, 3.05) is 13.3 Å². The Morgan fingerprint density at radius 2 is 2.00 bits per heavy atom. The van der Waals surface area contributed by atoms with Gasteiger partial charge in [0.2, 0.25) is 5.82 Å². The predicted molar refractivity (Wildman–Crippen MR) is 45.5 cm³/mol. The topological polar surface area (TPSA) is 9.23 Å². The van der Waals surface area contributed by atoms with Crippen LogP contribution in [0.25, 0.3) is 0 Å². The largest absolute Gasteiger partial charge is 0.488 e. The van der Waals surface area contributed by atoms with Gasteiger partial charge in [0.25, 0.3) is 0 Å². The Balaban J connectivity index is 2.92. The molecular formula is C8H6BrF3O. The van der Waals surface area contributed by atoms with E-state index >= 15 is 0 Å². The molecule has 0 radical (unpaired) electrons. The molecule has 1 rings (SSSR count). The third-order valence-corrected chi connectivity index (χ3v) is 1.75. The van der Waals surface area contributed by atoms with E-state index < -0.39 is 18.3 Å². The van der Waals surface area contributed by atoms with Crippen molar-refractivity contribution in [1.82, 2.24) is 0 Å². The van der Waals surface area contributed by atoms with Crippen molar-refractivity contribution >= 4 is 15.9 Å². The van der Waals surface area contributed by atoms with Crippen LogP contribution >= 0.6 is 15.9 Å². The summed E-state index contributed by atoms with van der Waals surface area (Å²) in [7, 11) is 0. The van der Waals surface area contributed by atoms with Gasteiger partial charge in [0.15, 0.2) is 11.6 Å². The van der Waals surface area contributed by atoms with Gasteiger partial charge in [-0.05, 0) is 12.1 Å². The van der Waals surface area contributed by atoms with Gasteiger partial charge >= 0.3 is 0 Å². The predicted octanol–water partition coefficient (Wildman–Crippen LogP) is 3.08. The number of rotatable bonds is 3. The molecule has 1 aromatic rings. The fourth-order valence-corrected chi connectivity index (χ4v) is 1.19. The van der Waals surface area contributed by atoms with Crippen molar-refractivity contribution in [1.29, 1.82) is 0 Å². The molecule has 0 amide bonds. The van der Waals surface area contributed by atoms with Crippen molar-refractivity contribution in [3.63, 3.8) is 0 Å². The van der Waals surface area contributed by atoms with Crippen LogP contribution in [0.15, 0.2) is 16.6 Å². The maximum Gasteiger partial charge on any atom is 0.200 e. The lowest BCUT2D eigenvalue weighted by Gasteiger charge is -2.05. The van der Waals surface area contributed by atoms with E-state index in [1.54, 1.807) is 0 Å². The highest BCUT2D eigenvalue weighted by atomic mass is 79.9. The fraction of sp³-hybridized carbons (Fsp3) is 0.250. The van der Waals surface area contributed by atoms with Crippen molar-refractivity contribution in [3.8, 4) is 5.75 Å². The Morgan fingerprint density at radius 1 is 1.31 bits per heavy atom. The van der Waals surface area contributed by atoms with Crippen molar-refractivity contribution in [2.24, 2.45) is 0 Å². The summed E-state index contributed by atoms with van der Waals surface area (Å²) in [5, 5.41) is 0. The monoisotopic (exact) mass is 254 g/mol. The maximum absolute atomic E-state index is 12.9. The van der Waals surface area contributed by atoms with Gasteiger partial charge in [-0.25, -0.2) is 8.78 Å². The van der Waals surface area contributed by atoms with E-state index in [2.05, 4.69) is 20.7 Å². The Kier molecular flexibility index (Phi) is 3.59. The molecular weight excluding hydrogens is 249 g/mol. The van der Waals surface area contributed by atoms with Crippen molar-refractivity contribution in [3.05, 3.63) is 28.2 Å². The molecule has 72 valence electrons. The van der Waals surface area contributed by atoms with E-state index in [-0.39, 0.29) is 12.4 Å². The molecule has 1 aromatic carbocycles. The molecule has 0 saturated heterocycles. The third-order valence-electron chi connectivity index (χ3n) is 1.29. The lowest BCUT2D eigenvalue weighted by molar-refractivity contribution is 0.259. The lowest BCUT2D eigenvalue weighted by atomic mass is 10.3. The summed E-state index contributed by atoms with van der Waals surface area (Å²) in [6.07, 6.45) is 0. The molecule has 13 heavy (non-hydrogen) atoms. The first-order chi connectivity index (χ1) is 6.15. The van der Waals surface area contributed by atoms with Crippen LogP contribution in [0.3, 0.4) is 0 Å². The minimum absolute atomic E-state index is 0.285. The maximum atomic E-state index is 12.9. The van der Waals surface area contributed by atoms with Gasteiger partial charge in [0.1, 0.15) is 13.3 Å².